The SMILES string of the molecule is CCOc1c(Oc2ccccc2)ccc(SS(C)=O)c1OCC. The van der Waals surface area contributed by atoms with Crippen molar-refractivity contribution < 1.29 is 18.4 Å². The molecule has 2 aromatic rings. The first-order valence-corrected chi connectivity index (χ1v) is 10.2. The highest BCUT2D eigenvalue weighted by atomic mass is 33.1. The van der Waals surface area contributed by atoms with Crippen molar-refractivity contribution in [2.45, 2.75) is 18.7 Å². The maximum absolute atomic E-state index is 11.6. The maximum Gasteiger partial charge on any atom is 0.205 e. The van der Waals surface area contributed by atoms with Crippen molar-refractivity contribution in [3.63, 3.8) is 0 Å². The van der Waals surface area contributed by atoms with Gasteiger partial charge in [0.25, 0.3) is 0 Å². The summed E-state index contributed by atoms with van der Waals surface area (Å²) in [5.41, 5.74) is 0. The number of hydrogen-bond donors (Lipinski definition) is 0. The molecule has 2 rings (SSSR count). The number of ether oxygens (including phenoxy) is 3. The van der Waals surface area contributed by atoms with Gasteiger partial charge in [0.2, 0.25) is 5.75 Å². The van der Waals surface area contributed by atoms with Crippen molar-refractivity contribution in [3.8, 4) is 23.0 Å². The van der Waals surface area contributed by atoms with E-state index < -0.39 is 9.83 Å². The Bertz CT molecular complexity index is 659. The molecule has 0 saturated heterocycles. The van der Waals surface area contributed by atoms with E-state index in [0.29, 0.717) is 30.5 Å². The second-order valence-electron chi connectivity index (χ2n) is 4.49. The van der Waals surface area contributed by atoms with Gasteiger partial charge in [0.1, 0.15) is 5.75 Å². The molecule has 0 aliphatic carbocycles. The van der Waals surface area contributed by atoms with Crippen molar-refractivity contribution in [2.24, 2.45) is 0 Å². The minimum absolute atomic E-state index is 0.481. The van der Waals surface area contributed by atoms with Crippen LogP contribution in [0.1, 0.15) is 13.8 Å². The second-order valence-corrected chi connectivity index (χ2v) is 7.80. The van der Waals surface area contributed by atoms with Crippen molar-refractivity contribution in [1.29, 1.82) is 0 Å². The smallest absolute Gasteiger partial charge is 0.205 e. The third-order valence-corrected chi connectivity index (χ3v) is 4.77. The third kappa shape index (κ3) is 4.91. The lowest BCUT2D eigenvalue weighted by molar-refractivity contribution is 0.272. The third-order valence-electron chi connectivity index (χ3n) is 2.80. The summed E-state index contributed by atoms with van der Waals surface area (Å²) in [6.45, 7) is 4.77. The fraction of sp³-hybridized carbons (Fsp3) is 0.294. The Kier molecular flexibility index (Phi) is 6.80. The molecule has 1 atom stereocenters. The minimum atomic E-state index is -1.05. The van der Waals surface area contributed by atoms with Crippen LogP contribution in [0.4, 0.5) is 0 Å². The van der Waals surface area contributed by atoms with Crippen molar-refractivity contribution in [3.05, 3.63) is 42.5 Å². The number of rotatable bonds is 8. The normalized spacial score (nSPS) is 11.8. The molecule has 0 heterocycles. The molecule has 0 aliphatic heterocycles. The Morgan fingerprint density at radius 2 is 1.61 bits per heavy atom. The molecule has 0 fully saturated rings. The fourth-order valence-electron chi connectivity index (χ4n) is 1.98. The van der Waals surface area contributed by atoms with Gasteiger partial charge in [0.15, 0.2) is 11.5 Å². The fourth-order valence-corrected chi connectivity index (χ4v) is 3.73. The largest absolute Gasteiger partial charge is 0.489 e. The van der Waals surface area contributed by atoms with E-state index in [0.717, 1.165) is 10.6 Å². The van der Waals surface area contributed by atoms with E-state index in [1.807, 2.05) is 56.3 Å². The Balaban J connectivity index is 2.44. The summed E-state index contributed by atoms with van der Waals surface area (Å²) < 4.78 is 29.0. The van der Waals surface area contributed by atoms with Gasteiger partial charge < -0.3 is 14.2 Å². The molecule has 0 amide bonds. The average molecular weight is 352 g/mol. The van der Waals surface area contributed by atoms with E-state index in [9.17, 15) is 4.21 Å². The maximum atomic E-state index is 11.6. The number of para-hydroxylation sites is 1. The van der Waals surface area contributed by atoms with Crippen LogP contribution in [0.2, 0.25) is 0 Å². The summed E-state index contributed by atoms with van der Waals surface area (Å²) in [6, 6.07) is 13.2. The van der Waals surface area contributed by atoms with Gasteiger partial charge >= 0.3 is 0 Å². The molecule has 0 aromatic heterocycles. The lowest BCUT2D eigenvalue weighted by atomic mass is 10.2. The molecule has 0 saturated carbocycles. The Morgan fingerprint density at radius 1 is 0.957 bits per heavy atom. The molecule has 0 radical (unpaired) electrons. The first-order valence-electron chi connectivity index (χ1n) is 7.33. The molecule has 2 aromatic carbocycles. The first-order chi connectivity index (χ1) is 11.2. The van der Waals surface area contributed by atoms with E-state index in [-0.39, 0.29) is 0 Å². The van der Waals surface area contributed by atoms with E-state index in [1.165, 1.54) is 10.8 Å². The van der Waals surface area contributed by atoms with Gasteiger partial charge in [-0.1, -0.05) is 18.2 Å². The van der Waals surface area contributed by atoms with E-state index in [2.05, 4.69) is 0 Å². The zero-order valence-electron chi connectivity index (χ0n) is 13.4. The summed E-state index contributed by atoms with van der Waals surface area (Å²) in [5.74, 6) is 2.40. The van der Waals surface area contributed by atoms with Crippen LogP contribution >= 0.6 is 10.8 Å². The number of benzene rings is 2. The summed E-state index contributed by atoms with van der Waals surface area (Å²) in [5, 5.41) is 0. The van der Waals surface area contributed by atoms with Crippen LogP contribution in [0.5, 0.6) is 23.0 Å². The van der Waals surface area contributed by atoms with Gasteiger partial charge in [-0.2, -0.15) is 0 Å². The van der Waals surface area contributed by atoms with E-state index >= 15 is 0 Å². The Hall–Kier alpha value is -1.66. The summed E-state index contributed by atoms with van der Waals surface area (Å²) in [4.78, 5) is 0.775. The highest BCUT2D eigenvalue weighted by Gasteiger charge is 2.19. The van der Waals surface area contributed by atoms with Crippen LogP contribution in [-0.4, -0.2) is 23.7 Å². The Morgan fingerprint density at radius 3 is 2.22 bits per heavy atom. The van der Waals surface area contributed by atoms with Crippen LogP contribution in [0.3, 0.4) is 0 Å². The topological polar surface area (TPSA) is 44.8 Å². The van der Waals surface area contributed by atoms with Crippen molar-refractivity contribution in [1.82, 2.24) is 0 Å². The van der Waals surface area contributed by atoms with Crippen LogP contribution in [0.15, 0.2) is 47.4 Å². The zero-order valence-corrected chi connectivity index (χ0v) is 15.0. The highest BCUT2D eigenvalue weighted by Crippen LogP contribution is 2.46. The van der Waals surface area contributed by atoms with Crippen LogP contribution in [0, 0.1) is 0 Å². The van der Waals surface area contributed by atoms with Gasteiger partial charge in [-0.05, 0) is 48.9 Å². The van der Waals surface area contributed by atoms with Crippen molar-refractivity contribution in [2.75, 3.05) is 19.5 Å². The first kappa shape index (κ1) is 17.7. The quantitative estimate of drug-likeness (QED) is 0.647. The van der Waals surface area contributed by atoms with Crippen LogP contribution < -0.4 is 14.2 Å². The van der Waals surface area contributed by atoms with Crippen molar-refractivity contribution >= 4 is 20.6 Å². The summed E-state index contributed by atoms with van der Waals surface area (Å²) >= 11 is 0. The highest BCUT2D eigenvalue weighted by molar-refractivity contribution is 8.69. The monoisotopic (exact) mass is 352 g/mol. The molecule has 0 bridgehead atoms. The van der Waals surface area contributed by atoms with Crippen LogP contribution in [0.25, 0.3) is 0 Å². The summed E-state index contributed by atoms with van der Waals surface area (Å²) in [7, 11) is 0.185. The van der Waals surface area contributed by atoms with Gasteiger partial charge in [-0.15, -0.1) is 0 Å². The van der Waals surface area contributed by atoms with Crippen LogP contribution in [-0.2, 0) is 9.83 Å². The van der Waals surface area contributed by atoms with E-state index in [1.54, 1.807) is 6.26 Å². The zero-order chi connectivity index (χ0) is 16.7. The molecular weight excluding hydrogens is 332 g/mol. The lowest BCUT2D eigenvalue weighted by Crippen LogP contribution is -2.02. The predicted octanol–water partition coefficient (Wildman–Crippen LogP) is 4.66. The van der Waals surface area contributed by atoms with Gasteiger partial charge in [0.05, 0.1) is 27.9 Å². The molecule has 6 heteroatoms. The summed E-state index contributed by atoms with van der Waals surface area (Å²) in [6.07, 6.45) is 1.63. The lowest BCUT2D eigenvalue weighted by Gasteiger charge is -2.18. The molecule has 0 N–H and O–H groups in total. The Labute approximate surface area is 143 Å². The molecule has 1 unspecified atom stereocenters. The molecule has 0 spiro atoms. The minimum Gasteiger partial charge on any atom is -0.489 e. The number of hydrogen-bond acceptors (Lipinski definition) is 5. The molecular formula is C17H20O4S2. The standard InChI is InChI=1S/C17H20O4S2/c1-4-19-16-14(21-13-9-7-6-8-10-13)11-12-15(22-23(3)18)17(16)20-5-2/h6-12H,4-5H2,1-3H3. The van der Waals surface area contributed by atoms with Gasteiger partial charge in [-0.25, -0.2) is 4.21 Å². The van der Waals surface area contributed by atoms with Gasteiger partial charge in [0, 0.05) is 6.26 Å². The molecule has 4 nitrogen and oxygen atoms in total. The second kappa shape index (κ2) is 8.84. The molecule has 23 heavy (non-hydrogen) atoms. The average Bonchev–Trinajstić information content (AvgIpc) is 2.53. The molecule has 124 valence electrons. The predicted molar refractivity (Wildman–Crippen MR) is 95.2 cm³/mol. The molecule has 0 aliphatic rings. The van der Waals surface area contributed by atoms with E-state index in [4.69, 9.17) is 14.2 Å². The van der Waals surface area contributed by atoms with Gasteiger partial charge in [-0.3, -0.25) is 0 Å².